The molecule has 0 atom stereocenters. The molecular weight excluding hydrogens is 398 g/mol. The second-order valence-corrected chi connectivity index (χ2v) is 9.25. The van der Waals surface area contributed by atoms with Crippen molar-refractivity contribution in [2.24, 2.45) is 0 Å². The zero-order chi connectivity index (χ0) is 21.8. The Labute approximate surface area is 191 Å². The van der Waals surface area contributed by atoms with E-state index in [1.807, 2.05) is 0 Å². The Bertz CT molecular complexity index is 958. The van der Waals surface area contributed by atoms with E-state index in [0.717, 1.165) is 82.4 Å². The van der Waals surface area contributed by atoms with Gasteiger partial charge in [-0.15, -0.1) is 0 Å². The van der Waals surface area contributed by atoms with E-state index in [-0.39, 0.29) is 0 Å². The van der Waals surface area contributed by atoms with E-state index in [2.05, 4.69) is 51.5 Å². The summed E-state index contributed by atoms with van der Waals surface area (Å²) in [5, 5.41) is 13.9. The number of benzene rings is 1. The Kier molecular flexibility index (Phi) is 6.56. The molecule has 0 radical (unpaired) electrons. The number of ether oxygens (including phenoxy) is 1. The highest BCUT2D eigenvalue weighted by atomic mass is 16.5. The van der Waals surface area contributed by atoms with E-state index >= 15 is 0 Å². The van der Waals surface area contributed by atoms with Crippen LogP contribution in [0, 0.1) is 11.3 Å². The van der Waals surface area contributed by atoms with Crippen LogP contribution in [0.15, 0.2) is 30.3 Å². The molecule has 0 amide bonds. The summed E-state index contributed by atoms with van der Waals surface area (Å²) in [6, 6.07) is 13.6. The molecule has 2 aliphatic heterocycles. The van der Waals surface area contributed by atoms with Gasteiger partial charge in [-0.25, -0.2) is 4.98 Å². The van der Waals surface area contributed by atoms with Crippen molar-refractivity contribution < 1.29 is 4.74 Å². The molecule has 2 aromatic rings. The lowest BCUT2D eigenvalue weighted by atomic mass is 9.93. The molecule has 0 unspecified atom stereocenters. The molecule has 1 aliphatic carbocycles. The third-order valence-electron chi connectivity index (χ3n) is 7.07. The van der Waals surface area contributed by atoms with E-state index in [4.69, 9.17) is 9.72 Å². The topological polar surface area (TPSA) is 64.4 Å². The highest BCUT2D eigenvalue weighted by molar-refractivity contribution is 5.67. The first-order valence-electron chi connectivity index (χ1n) is 12.1. The molecule has 6 heteroatoms. The summed E-state index contributed by atoms with van der Waals surface area (Å²) in [5.74, 6) is 1.86. The molecule has 1 aromatic carbocycles. The Morgan fingerprint density at radius 1 is 1.03 bits per heavy atom. The molecule has 0 bridgehead atoms. The van der Waals surface area contributed by atoms with Gasteiger partial charge in [0, 0.05) is 44.3 Å². The van der Waals surface area contributed by atoms with Crippen molar-refractivity contribution in [2.45, 2.75) is 57.7 Å². The fourth-order valence-electron chi connectivity index (χ4n) is 5.35. The van der Waals surface area contributed by atoms with Crippen LogP contribution in [0.2, 0.25) is 0 Å². The SMILES string of the molecule is N#Cc1c(NC2CCCCC2)nc(N2CCOCC2)c2c1CN(Cc1ccccc1)CC2. The fourth-order valence-corrected chi connectivity index (χ4v) is 5.35. The molecule has 32 heavy (non-hydrogen) atoms. The molecule has 3 heterocycles. The van der Waals surface area contributed by atoms with Crippen LogP contribution >= 0.6 is 0 Å². The first-order valence-corrected chi connectivity index (χ1v) is 12.1. The first-order chi connectivity index (χ1) is 15.8. The smallest absolute Gasteiger partial charge is 0.146 e. The maximum atomic E-state index is 10.2. The summed E-state index contributed by atoms with van der Waals surface area (Å²) in [6.45, 7) is 5.90. The van der Waals surface area contributed by atoms with Crippen molar-refractivity contribution in [3.05, 3.63) is 52.6 Å². The highest BCUT2D eigenvalue weighted by Gasteiger charge is 2.29. The van der Waals surface area contributed by atoms with Gasteiger partial charge in [-0.2, -0.15) is 5.26 Å². The lowest BCUT2D eigenvalue weighted by Crippen LogP contribution is -2.39. The minimum atomic E-state index is 0.419. The number of rotatable bonds is 5. The molecule has 0 spiro atoms. The maximum absolute atomic E-state index is 10.2. The number of pyridine rings is 1. The van der Waals surface area contributed by atoms with Gasteiger partial charge in [0.15, 0.2) is 0 Å². The summed E-state index contributed by atoms with van der Waals surface area (Å²) in [5.41, 5.74) is 4.50. The number of fused-ring (bicyclic) bond motifs is 1. The minimum absolute atomic E-state index is 0.419. The molecule has 5 rings (SSSR count). The van der Waals surface area contributed by atoms with E-state index in [1.54, 1.807) is 0 Å². The fraction of sp³-hybridized carbons (Fsp3) is 0.538. The largest absolute Gasteiger partial charge is 0.378 e. The van der Waals surface area contributed by atoms with Gasteiger partial charge in [0.05, 0.1) is 18.8 Å². The normalized spacial score (nSPS) is 19.9. The Morgan fingerprint density at radius 3 is 2.56 bits per heavy atom. The van der Waals surface area contributed by atoms with Gasteiger partial charge in [0.2, 0.25) is 0 Å². The maximum Gasteiger partial charge on any atom is 0.146 e. The van der Waals surface area contributed by atoms with E-state index in [9.17, 15) is 5.26 Å². The van der Waals surface area contributed by atoms with Gasteiger partial charge < -0.3 is 15.0 Å². The lowest BCUT2D eigenvalue weighted by Gasteiger charge is -2.36. The molecule has 1 N–H and O–H groups in total. The van der Waals surface area contributed by atoms with Crippen molar-refractivity contribution >= 4 is 11.6 Å². The second kappa shape index (κ2) is 9.89. The van der Waals surface area contributed by atoms with E-state index in [0.29, 0.717) is 6.04 Å². The van der Waals surface area contributed by atoms with Crippen LogP contribution in [-0.4, -0.2) is 48.8 Å². The summed E-state index contributed by atoms with van der Waals surface area (Å²) >= 11 is 0. The Balaban J connectivity index is 1.49. The van der Waals surface area contributed by atoms with Gasteiger partial charge in [-0.3, -0.25) is 4.90 Å². The standard InChI is InChI=1S/C26H33N5O/c27-17-23-24-19-30(18-20-7-3-1-4-8-20)12-11-22(24)26(31-13-15-32-16-14-31)29-25(23)28-21-9-5-2-6-10-21/h1,3-4,7-8,21H,2,5-6,9-16,18-19H2,(H,28,29). The molecule has 2 fully saturated rings. The van der Waals surface area contributed by atoms with Crippen LogP contribution < -0.4 is 10.2 Å². The predicted octanol–water partition coefficient (Wildman–Crippen LogP) is 4.09. The zero-order valence-corrected chi connectivity index (χ0v) is 18.9. The van der Waals surface area contributed by atoms with Gasteiger partial charge >= 0.3 is 0 Å². The third-order valence-corrected chi connectivity index (χ3v) is 7.07. The lowest BCUT2D eigenvalue weighted by molar-refractivity contribution is 0.122. The number of aromatic nitrogens is 1. The molecule has 168 valence electrons. The van der Waals surface area contributed by atoms with Crippen molar-refractivity contribution in [1.82, 2.24) is 9.88 Å². The van der Waals surface area contributed by atoms with Crippen LogP contribution in [0.3, 0.4) is 0 Å². The Morgan fingerprint density at radius 2 is 1.81 bits per heavy atom. The molecular formula is C26H33N5O. The number of morpholine rings is 1. The average molecular weight is 432 g/mol. The highest BCUT2D eigenvalue weighted by Crippen LogP contribution is 2.35. The number of hydrogen-bond donors (Lipinski definition) is 1. The predicted molar refractivity (Wildman–Crippen MR) is 127 cm³/mol. The summed E-state index contributed by atoms with van der Waals surface area (Å²) < 4.78 is 5.60. The molecule has 3 aliphatic rings. The average Bonchev–Trinajstić information content (AvgIpc) is 2.85. The van der Waals surface area contributed by atoms with Gasteiger partial charge in [-0.1, -0.05) is 49.6 Å². The number of nitrogens with zero attached hydrogens (tertiary/aromatic N) is 4. The first kappa shape index (κ1) is 21.2. The summed E-state index contributed by atoms with van der Waals surface area (Å²) in [7, 11) is 0. The summed E-state index contributed by atoms with van der Waals surface area (Å²) in [6.07, 6.45) is 7.08. The second-order valence-electron chi connectivity index (χ2n) is 9.25. The zero-order valence-electron chi connectivity index (χ0n) is 18.9. The van der Waals surface area contributed by atoms with Gasteiger partial charge in [0.1, 0.15) is 17.7 Å². The molecule has 1 saturated heterocycles. The van der Waals surface area contributed by atoms with Crippen LogP contribution in [0.25, 0.3) is 0 Å². The number of anilines is 2. The number of nitrogens with one attached hydrogen (secondary N) is 1. The van der Waals surface area contributed by atoms with Crippen molar-refractivity contribution in [1.29, 1.82) is 5.26 Å². The van der Waals surface area contributed by atoms with E-state index < -0.39 is 0 Å². The quantitative estimate of drug-likeness (QED) is 0.769. The molecule has 6 nitrogen and oxygen atoms in total. The van der Waals surface area contributed by atoms with Crippen molar-refractivity contribution in [2.75, 3.05) is 43.1 Å². The van der Waals surface area contributed by atoms with Crippen LogP contribution in [0.4, 0.5) is 11.6 Å². The number of hydrogen-bond acceptors (Lipinski definition) is 6. The monoisotopic (exact) mass is 431 g/mol. The summed E-state index contributed by atoms with van der Waals surface area (Å²) in [4.78, 5) is 9.93. The third kappa shape index (κ3) is 4.60. The van der Waals surface area contributed by atoms with Crippen LogP contribution in [-0.2, 0) is 24.2 Å². The van der Waals surface area contributed by atoms with Crippen LogP contribution in [0.5, 0.6) is 0 Å². The van der Waals surface area contributed by atoms with Crippen molar-refractivity contribution in [3.8, 4) is 6.07 Å². The van der Waals surface area contributed by atoms with Gasteiger partial charge in [-0.05, 0) is 30.4 Å². The minimum Gasteiger partial charge on any atom is -0.378 e. The van der Waals surface area contributed by atoms with Crippen molar-refractivity contribution in [3.63, 3.8) is 0 Å². The molecule has 1 saturated carbocycles. The number of nitriles is 1. The van der Waals surface area contributed by atoms with E-state index in [1.165, 1.54) is 36.0 Å². The Hall–Kier alpha value is -2.62. The van der Waals surface area contributed by atoms with Crippen LogP contribution in [0.1, 0.15) is 54.4 Å². The molecule has 1 aromatic heterocycles. The van der Waals surface area contributed by atoms with Gasteiger partial charge in [0.25, 0.3) is 0 Å².